The lowest BCUT2D eigenvalue weighted by Gasteiger charge is -2.06. The number of nitrogens with two attached hydrogens (primary N) is 1. The van der Waals surface area contributed by atoms with Crippen LogP contribution < -0.4 is 11.1 Å². The first kappa shape index (κ1) is 10.6. The van der Waals surface area contributed by atoms with E-state index >= 15 is 0 Å². The van der Waals surface area contributed by atoms with Gasteiger partial charge in [0.05, 0.1) is 5.69 Å². The maximum absolute atomic E-state index is 13.4. The van der Waals surface area contributed by atoms with E-state index in [-0.39, 0.29) is 11.6 Å². The first-order chi connectivity index (χ1) is 7.65. The van der Waals surface area contributed by atoms with E-state index in [4.69, 9.17) is 17.3 Å². The number of nitrogens with zero attached hydrogens (tertiary/aromatic N) is 2. The average molecular weight is 239 g/mol. The zero-order valence-corrected chi connectivity index (χ0v) is 8.87. The average Bonchev–Trinajstić information content (AvgIpc) is 2.22. The van der Waals surface area contributed by atoms with Crippen molar-refractivity contribution in [3.63, 3.8) is 0 Å². The van der Waals surface area contributed by atoms with Crippen LogP contribution in [0.3, 0.4) is 0 Å². The normalized spacial score (nSPS) is 10.1. The van der Waals surface area contributed by atoms with Crippen LogP contribution in [0.2, 0.25) is 5.02 Å². The second-order valence-electron chi connectivity index (χ2n) is 3.05. The predicted octanol–water partition coefficient (Wildman–Crippen LogP) is 2.59. The maximum Gasteiger partial charge on any atom is 0.229 e. The summed E-state index contributed by atoms with van der Waals surface area (Å²) in [6.07, 6.45) is 1.48. The predicted molar refractivity (Wildman–Crippen MR) is 61.1 cm³/mol. The molecule has 0 aliphatic heterocycles. The minimum atomic E-state index is -0.474. The van der Waals surface area contributed by atoms with E-state index < -0.39 is 5.82 Å². The molecular formula is C10H8ClFN4. The molecule has 1 aromatic carbocycles. The largest absolute Gasteiger partial charge is 0.384 e. The standard InChI is InChI=1S/C10H8ClFN4/c11-6-1-2-8(7(12)5-6)15-10-14-4-3-9(13)16-10/h1-5H,(H3,13,14,15,16). The second kappa shape index (κ2) is 4.32. The highest BCUT2D eigenvalue weighted by molar-refractivity contribution is 6.30. The van der Waals surface area contributed by atoms with Crippen LogP contribution in [0.1, 0.15) is 0 Å². The van der Waals surface area contributed by atoms with E-state index in [2.05, 4.69) is 15.3 Å². The Morgan fingerprint density at radius 2 is 2.12 bits per heavy atom. The highest BCUT2D eigenvalue weighted by atomic mass is 35.5. The second-order valence-corrected chi connectivity index (χ2v) is 3.49. The third-order valence-electron chi connectivity index (χ3n) is 1.85. The molecule has 2 rings (SSSR count). The molecule has 0 spiro atoms. The van der Waals surface area contributed by atoms with Crippen LogP contribution in [0.4, 0.5) is 21.8 Å². The van der Waals surface area contributed by atoms with Crippen molar-refractivity contribution < 1.29 is 4.39 Å². The molecule has 16 heavy (non-hydrogen) atoms. The fourth-order valence-electron chi connectivity index (χ4n) is 1.14. The molecule has 0 amide bonds. The van der Waals surface area contributed by atoms with Gasteiger partial charge in [0.1, 0.15) is 11.6 Å². The summed E-state index contributed by atoms with van der Waals surface area (Å²) in [7, 11) is 0. The lowest BCUT2D eigenvalue weighted by Crippen LogP contribution is -2.00. The van der Waals surface area contributed by atoms with Gasteiger partial charge in [-0.2, -0.15) is 4.98 Å². The third-order valence-corrected chi connectivity index (χ3v) is 2.09. The van der Waals surface area contributed by atoms with Gasteiger partial charge < -0.3 is 11.1 Å². The summed E-state index contributed by atoms with van der Waals surface area (Å²) in [6, 6.07) is 5.82. The summed E-state index contributed by atoms with van der Waals surface area (Å²) >= 11 is 5.63. The van der Waals surface area contributed by atoms with Crippen LogP contribution in [0, 0.1) is 5.82 Å². The summed E-state index contributed by atoms with van der Waals surface area (Å²) in [5, 5.41) is 3.03. The van der Waals surface area contributed by atoms with E-state index in [1.54, 1.807) is 12.1 Å². The molecule has 6 heteroatoms. The van der Waals surface area contributed by atoms with E-state index in [0.717, 1.165) is 0 Å². The van der Waals surface area contributed by atoms with Crippen molar-refractivity contribution in [1.29, 1.82) is 0 Å². The molecule has 0 saturated carbocycles. The Labute approximate surface area is 96.3 Å². The molecule has 0 unspecified atom stereocenters. The molecule has 0 fully saturated rings. The number of aromatic nitrogens is 2. The number of nitrogens with one attached hydrogen (secondary N) is 1. The van der Waals surface area contributed by atoms with Crippen LogP contribution >= 0.6 is 11.6 Å². The molecule has 0 aliphatic rings. The smallest absolute Gasteiger partial charge is 0.229 e. The van der Waals surface area contributed by atoms with Gasteiger partial charge in [0.15, 0.2) is 0 Å². The van der Waals surface area contributed by atoms with Gasteiger partial charge in [-0.25, -0.2) is 9.37 Å². The van der Waals surface area contributed by atoms with Gasteiger partial charge in [-0.3, -0.25) is 0 Å². The molecule has 0 radical (unpaired) electrons. The van der Waals surface area contributed by atoms with Gasteiger partial charge in [-0.05, 0) is 24.3 Å². The zero-order valence-electron chi connectivity index (χ0n) is 8.11. The van der Waals surface area contributed by atoms with Crippen molar-refractivity contribution in [2.75, 3.05) is 11.1 Å². The van der Waals surface area contributed by atoms with E-state index in [0.29, 0.717) is 10.8 Å². The molecule has 1 aromatic heterocycles. The molecule has 0 bridgehead atoms. The van der Waals surface area contributed by atoms with Crippen LogP contribution in [-0.4, -0.2) is 9.97 Å². The van der Waals surface area contributed by atoms with Crippen LogP contribution in [0.15, 0.2) is 30.5 Å². The minimum Gasteiger partial charge on any atom is -0.384 e. The summed E-state index contributed by atoms with van der Waals surface area (Å²) in [6.45, 7) is 0. The van der Waals surface area contributed by atoms with Gasteiger partial charge >= 0.3 is 0 Å². The minimum absolute atomic E-state index is 0.237. The van der Waals surface area contributed by atoms with Crippen LogP contribution in [0.5, 0.6) is 0 Å². The third kappa shape index (κ3) is 2.38. The monoisotopic (exact) mass is 238 g/mol. The molecule has 82 valence electrons. The summed E-state index contributed by atoms with van der Waals surface area (Å²) in [4.78, 5) is 7.78. The first-order valence-electron chi connectivity index (χ1n) is 4.46. The van der Waals surface area contributed by atoms with Crippen molar-refractivity contribution >= 4 is 29.1 Å². The van der Waals surface area contributed by atoms with Crippen LogP contribution in [-0.2, 0) is 0 Å². The topological polar surface area (TPSA) is 63.8 Å². The van der Waals surface area contributed by atoms with Gasteiger partial charge in [0, 0.05) is 11.2 Å². The molecule has 2 aromatic rings. The molecule has 0 saturated heterocycles. The lowest BCUT2D eigenvalue weighted by molar-refractivity contribution is 0.631. The number of nitrogen functional groups attached to an aromatic ring is 1. The SMILES string of the molecule is Nc1ccnc(Nc2ccc(Cl)cc2F)n1. The fraction of sp³-hybridized carbons (Fsp3) is 0. The van der Waals surface area contributed by atoms with E-state index in [1.807, 2.05) is 0 Å². The zero-order chi connectivity index (χ0) is 11.5. The number of halogens is 2. The quantitative estimate of drug-likeness (QED) is 0.844. The van der Waals surface area contributed by atoms with Gasteiger partial charge in [0.2, 0.25) is 5.95 Å². The summed E-state index contributed by atoms with van der Waals surface area (Å²) < 4.78 is 13.4. The van der Waals surface area contributed by atoms with Crippen molar-refractivity contribution in [1.82, 2.24) is 9.97 Å². The van der Waals surface area contributed by atoms with Gasteiger partial charge in [-0.15, -0.1) is 0 Å². The summed E-state index contributed by atoms with van der Waals surface area (Å²) in [5.74, 6) is 0.0756. The highest BCUT2D eigenvalue weighted by Crippen LogP contribution is 2.21. The van der Waals surface area contributed by atoms with Crippen molar-refractivity contribution in [3.8, 4) is 0 Å². The number of anilines is 3. The summed E-state index contributed by atoms with van der Waals surface area (Å²) in [5.41, 5.74) is 5.71. The number of rotatable bonds is 2. The lowest BCUT2D eigenvalue weighted by atomic mass is 10.3. The molecule has 4 nitrogen and oxygen atoms in total. The molecule has 0 atom stereocenters. The van der Waals surface area contributed by atoms with Crippen molar-refractivity contribution in [3.05, 3.63) is 41.3 Å². The molecule has 0 aliphatic carbocycles. The van der Waals surface area contributed by atoms with Gasteiger partial charge in [0.25, 0.3) is 0 Å². The van der Waals surface area contributed by atoms with Gasteiger partial charge in [-0.1, -0.05) is 11.6 Å². The Hall–Kier alpha value is -1.88. The number of benzene rings is 1. The molecule has 3 N–H and O–H groups in total. The Morgan fingerprint density at radius 1 is 1.31 bits per heavy atom. The Kier molecular flexibility index (Phi) is 2.87. The van der Waals surface area contributed by atoms with Crippen molar-refractivity contribution in [2.45, 2.75) is 0 Å². The Bertz CT molecular complexity index is 518. The van der Waals surface area contributed by atoms with Crippen LogP contribution in [0.25, 0.3) is 0 Å². The van der Waals surface area contributed by atoms with Crippen molar-refractivity contribution in [2.24, 2.45) is 0 Å². The maximum atomic E-state index is 13.4. The number of hydrogen-bond acceptors (Lipinski definition) is 4. The Balaban J connectivity index is 2.27. The molecule has 1 heterocycles. The Morgan fingerprint density at radius 3 is 2.81 bits per heavy atom. The first-order valence-corrected chi connectivity index (χ1v) is 4.83. The highest BCUT2D eigenvalue weighted by Gasteiger charge is 2.04. The fourth-order valence-corrected chi connectivity index (χ4v) is 1.30. The van der Waals surface area contributed by atoms with E-state index in [9.17, 15) is 4.39 Å². The van der Waals surface area contributed by atoms with E-state index in [1.165, 1.54) is 18.3 Å². The molecular weight excluding hydrogens is 231 g/mol. The number of hydrogen-bond donors (Lipinski definition) is 2.